The van der Waals surface area contributed by atoms with Gasteiger partial charge >= 0.3 is 0 Å². The molecule has 4 heterocycles. The zero-order chi connectivity index (χ0) is 18.9. The summed E-state index contributed by atoms with van der Waals surface area (Å²) in [6.07, 6.45) is 3.37. The van der Waals surface area contributed by atoms with Crippen LogP contribution in [0.5, 0.6) is 0 Å². The van der Waals surface area contributed by atoms with Crippen molar-refractivity contribution >= 4 is 17.4 Å². The Labute approximate surface area is 162 Å². The second-order valence-electron chi connectivity index (χ2n) is 6.77. The fourth-order valence-electron chi connectivity index (χ4n) is 3.56. The lowest BCUT2D eigenvalue weighted by atomic mass is 10.1. The van der Waals surface area contributed by atoms with Crippen molar-refractivity contribution in [1.29, 1.82) is 0 Å². The number of nitrogens with zero attached hydrogens (tertiary/aromatic N) is 8. The van der Waals surface area contributed by atoms with E-state index in [9.17, 15) is 0 Å². The van der Waals surface area contributed by atoms with Crippen molar-refractivity contribution in [2.24, 2.45) is 0 Å². The highest BCUT2D eigenvalue weighted by Gasteiger charge is 2.22. The van der Waals surface area contributed by atoms with Crippen LogP contribution in [0.1, 0.15) is 5.82 Å². The van der Waals surface area contributed by atoms with E-state index in [2.05, 4.69) is 53.0 Å². The number of aromatic nitrogens is 6. The van der Waals surface area contributed by atoms with Gasteiger partial charge in [0.1, 0.15) is 23.8 Å². The van der Waals surface area contributed by atoms with Crippen molar-refractivity contribution in [3.63, 3.8) is 0 Å². The van der Waals surface area contributed by atoms with Gasteiger partial charge in [-0.2, -0.15) is 14.6 Å². The van der Waals surface area contributed by atoms with Gasteiger partial charge in [-0.3, -0.25) is 0 Å². The molecule has 0 amide bonds. The van der Waals surface area contributed by atoms with Crippen LogP contribution in [0.2, 0.25) is 0 Å². The highest BCUT2D eigenvalue weighted by molar-refractivity contribution is 5.66. The smallest absolute Gasteiger partial charge is 0.254 e. The SMILES string of the molecule is Cc1nccc(N2CCN(c3cc(-c4ccccc4)nc4ncnn34)CC2)n1. The maximum Gasteiger partial charge on any atom is 0.254 e. The van der Waals surface area contributed by atoms with Crippen molar-refractivity contribution in [3.8, 4) is 11.3 Å². The summed E-state index contributed by atoms with van der Waals surface area (Å²) >= 11 is 0. The topological polar surface area (TPSA) is 75.3 Å². The molecule has 0 spiro atoms. The molecular formula is C20H20N8. The van der Waals surface area contributed by atoms with E-state index in [-0.39, 0.29) is 0 Å². The Hall–Kier alpha value is -3.55. The minimum atomic E-state index is 0.616. The van der Waals surface area contributed by atoms with Crippen LogP contribution in [-0.2, 0) is 0 Å². The second-order valence-corrected chi connectivity index (χ2v) is 6.77. The van der Waals surface area contributed by atoms with Gasteiger partial charge in [0.25, 0.3) is 5.78 Å². The Morgan fingerprint density at radius 1 is 0.857 bits per heavy atom. The fourth-order valence-corrected chi connectivity index (χ4v) is 3.56. The normalized spacial score (nSPS) is 14.6. The molecule has 5 rings (SSSR count). The van der Waals surface area contributed by atoms with Crippen molar-refractivity contribution in [3.05, 3.63) is 60.8 Å². The van der Waals surface area contributed by atoms with E-state index in [0.29, 0.717) is 5.78 Å². The molecule has 0 unspecified atom stereocenters. The third-order valence-electron chi connectivity index (χ3n) is 4.99. The zero-order valence-corrected chi connectivity index (χ0v) is 15.6. The molecule has 3 aromatic heterocycles. The Morgan fingerprint density at radius 3 is 2.43 bits per heavy atom. The van der Waals surface area contributed by atoms with Crippen LogP contribution in [0, 0.1) is 6.92 Å². The van der Waals surface area contributed by atoms with E-state index >= 15 is 0 Å². The number of hydrogen-bond acceptors (Lipinski definition) is 7. The molecule has 8 heteroatoms. The van der Waals surface area contributed by atoms with Crippen molar-refractivity contribution in [2.45, 2.75) is 6.92 Å². The first-order chi connectivity index (χ1) is 13.8. The summed E-state index contributed by atoms with van der Waals surface area (Å²) in [5, 5.41) is 4.38. The minimum absolute atomic E-state index is 0.616. The predicted octanol–water partition coefficient (Wildman–Crippen LogP) is 2.22. The molecule has 8 nitrogen and oxygen atoms in total. The lowest BCUT2D eigenvalue weighted by Gasteiger charge is -2.36. The molecule has 1 saturated heterocycles. The first-order valence-corrected chi connectivity index (χ1v) is 9.34. The van der Waals surface area contributed by atoms with Crippen molar-refractivity contribution in [1.82, 2.24) is 29.5 Å². The van der Waals surface area contributed by atoms with Crippen LogP contribution in [-0.4, -0.2) is 55.7 Å². The lowest BCUT2D eigenvalue weighted by molar-refractivity contribution is 0.632. The molecule has 1 fully saturated rings. The standard InChI is InChI=1S/C20H20N8/c1-15-21-8-7-18(24-15)26-9-11-27(12-10-26)19-13-17(16-5-3-2-4-6-16)25-20-22-14-23-28(19)20/h2-8,13-14H,9-12H2,1H3. The molecule has 1 aliphatic heterocycles. The average Bonchev–Trinajstić information content (AvgIpc) is 3.23. The number of rotatable bonds is 3. The van der Waals surface area contributed by atoms with Crippen LogP contribution in [0.3, 0.4) is 0 Å². The molecule has 1 aliphatic rings. The van der Waals surface area contributed by atoms with Crippen LogP contribution in [0.15, 0.2) is 55.0 Å². The molecule has 0 bridgehead atoms. The van der Waals surface area contributed by atoms with Gasteiger partial charge in [0.05, 0.1) is 5.69 Å². The summed E-state index contributed by atoms with van der Waals surface area (Å²) in [5.41, 5.74) is 1.98. The van der Waals surface area contributed by atoms with Gasteiger partial charge in [0.15, 0.2) is 0 Å². The molecule has 4 aromatic rings. The Morgan fingerprint density at radius 2 is 1.64 bits per heavy atom. The van der Waals surface area contributed by atoms with E-state index in [0.717, 1.165) is 54.9 Å². The monoisotopic (exact) mass is 372 g/mol. The van der Waals surface area contributed by atoms with Crippen molar-refractivity contribution in [2.75, 3.05) is 36.0 Å². The second kappa shape index (κ2) is 6.88. The largest absolute Gasteiger partial charge is 0.353 e. The highest BCUT2D eigenvalue weighted by atomic mass is 15.4. The third kappa shape index (κ3) is 3.02. The summed E-state index contributed by atoms with van der Waals surface area (Å²) in [7, 11) is 0. The van der Waals surface area contributed by atoms with E-state index in [1.165, 1.54) is 0 Å². The number of hydrogen-bond donors (Lipinski definition) is 0. The number of benzene rings is 1. The molecular weight excluding hydrogens is 352 g/mol. The first-order valence-electron chi connectivity index (χ1n) is 9.34. The molecule has 0 saturated carbocycles. The average molecular weight is 372 g/mol. The predicted molar refractivity (Wildman–Crippen MR) is 107 cm³/mol. The van der Waals surface area contributed by atoms with E-state index in [1.807, 2.05) is 41.9 Å². The van der Waals surface area contributed by atoms with E-state index < -0.39 is 0 Å². The van der Waals surface area contributed by atoms with Gasteiger partial charge in [0, 0.05) is 44.0 Å². The van der Waals surface area contributed by atoms with Crippen molar-refractivity contribution < 1.29 is 0 Å². The van der Waals surface area contributed by atoms with Crippen LogP contribution in [0.25, 0.3) is 17.0 Å². The summed E-state index contributed by atoms with van der Waals surface area (Å²) < 4.78 is 1.82. The summed E-state index contributed by atoms with van der Waals surface area (Å²) in [4.78, 5) is 22.4. The number of fused-ring (bicyclic) bond motifs is 1. The number of anilines is 2. The van der Waals surface area contributed by atoms with Gasteiger partial charge in [-0.05, 0) is 13.0 Å². The number of piperazine rings is 1. The van der Waals surface area contributed by atoms with Crippen LogP contribution < -0.4 is 9.80 Å². The summed E-state index contributed by atoms with van der Waals surface area (Å²) in [5.74, 6) is 3.41. The lowest BCUT2D eigenvalue weighted by Crippen LogP contribution is -2.47. The molecule has 1 aromatic carbocycles. The Kier molecular flexibility index (Phi) is 4.08. The third-order valence-corrected chi connectivity index (χ3v) is 4.99. The fraction of sp³-hybridized carbons (Fsp3) is 0.250. The maximum absolute atomic E-state index is 4.67. The molecule has 140 valence electrons. The Bertz CT molecular complexity index is 1100. The molecule has 0 radical (unpaired) electrons. The zero-order valence-electron chi connectivity index (χ0n) is 15.6. The molecule has 0 N–H and O–H groups in total. The minimum Gasteiger partial charge on any atom is -0.353 e. The van der Waals surface area contributed by atoms with Gasteiger partial charge in [0.2, 0.25) is 0 Å². The van der Waals surface area contributed by atoms with Gasteiger partial charge in [-0.15, -0.1) is 0 Å². The number of aryl methyl sites for hydroxylation is 1. The van der Waals surface area contributed by atoms with E-state index in [4.69, 9.17) is 0 Å². The summed E-state index contributed by atoms with van der Waals surface area (Å²) in [6.45, 7) is 5.43. The van der Waals surface area contributed by atoms with Crippen LogP contribution in [0.4, 0.5) is 11.6 Å². The maximum atomic E-state index is 4.67. The molecule has 0 atom stereocenters. The van der Waals surface area contributed by atoms with Gasteiger partial charge in [-0.25, -0.2) is 15.0 Å². The molecule has 0 aliphatic carbocycles. The van der Waals surface area contributed by atoms with Crippen LogP contribution >= 0.6 is 0 Å². The summed E-state index contributed by atoms with van der Waals surface area (Å²) in [6, 6.07) is 14.2. The first kappa shape index (κ1) is 16.6. The van der Waals surface area contributed by atoms with Gasteiger partial charge < -0.3 is 9.80 Å². The Balaban J connectivity index is 1.44. The van der Waals surface area contributed by atoms with E-state index in [1.54, 1.807) is 6.33 Å². The van der Waals surface area contributed by atoms with Gasteiger partial charge in [-0.1, -0.05) is 30.3 Å². The quantitative estimate of drug-likeness (QED) is 0.546. The highest BCUT2D eigenvalue weighted by Crippen LogP contribution is 2.25. The molecule has 28 heavy (non-hydrogen) atoms.